The van der Waals surface area contributed by atoms with Crippen molar-refractivity contribution in [2.45, 2.75) is 13.3 Å². The van der Waals surface area contributed by atoms with Crippen LogP contribution in [0.25, 0.3) is 0 Å². The summed E-state index contributed by atoms with van der Waals surface area (Å²) in [6.45, 7) is 1.71. The summed E-state index contributed by atoms with van der Waals surface area (Å²) >= 11 is 6.61. The Labute approximate surface area is 95.0 Å². The van der Waals surface area contributed by atoms with E-state index in [0.717, 1.165) is 11.5 Å². The number of anilines is 1. The smallest absolute Gasteiger partial charge is 0.255 e. The van der Waals surface area contributed by atoms with Crippen LogP contribution in [0.2, 0.25) is 5.15 Å². The monoisotopic (exact) mass is 251 g/mol. The Kier molecular flexibility index (Phi) is 4.24. The zero-order valence-electron chi connectivity index (χ0n) is 7.88. The first-order chi connectivity index (χ1) is 7.10. The molecule has 3 nitrogen and oxygen atoms in total. The van der Waals surface area contributed by atoms with Crippen molar-refractivity contribution < 1.29 is 8.78 Å². The minimum atomic E-state index is -2.45. The summed E-state index contributed by atoms with van der Waals surface area (Å²) in [5.74, 6) is 0. The Morgan fingerprint density at radius 1 is 1.67 bits per heavy atom. The molecule has 1 aromatic heterocycles. The van der Waals surface area contributed by atoms with Gasteiger partial charge in [-0.3, -0.25) is 0 Å². The zero-order valence-corrected chi connectivity index (χ0v) is 9.45. The lowest BCUT2D eigenvalue weighted by atomic mass is 10.3. The summed E-state index contributed by atoms with van der Waals surface area (Å²) in [5.41, 5.74) is 0.171. The number of rotatable bonds is 4. The third-order valence-corrected chi connectivity index (χ3v) is 3.05. The summed E-state index contributed by atoms with van der Waals surface area (Å²) in [5, 5.41) is 9.27. The van der Waals surface area contributed by atoms with E-state index in [4.69, 9.17) is 16.9 Å². The molecule has 7 heteroatoms. The van der Waals surface area contributed by atoms with Crippen LogP contribution in [0.3, 0.4) is 0 Å². The number of nitrogens with zero attached hydrogens (tertiary/aromatic N) is 3. The first-order valence-electron chi connectivity index (χ1n) is 4.18. The van der Waals surface area contributed by atoms with E-state index >= 15 is 0 Å². The molecule has 0 saturated carbocycles. The van der Waals surface area contributed by atoms with Gasteiger partial charge in [0.25, 0.3) is 6.43 Å². The Hall–Kier alpha value is -0.930. The number of alkyl halides is 2. The predicted molar refractivity (Wildman–Crippen MR) is 55.7 cm³/mol. The lowest BCUT2D eigenvalue weighted by Gasteiger charge is -2.20. The molecule has 0 aromatic carbocycles. The van der Waals surface area contributed by atoms with Gasteiger partial charge < -0.3 is 4.90 Å². The molecule has 0 fully saturated rings. The maximum Gasteiger partial charge on any atom is 0.255 e. The Morgan fingerprint density at radius 3 is 2.80 bits per heavy atom. The quantitative estimate of drug-likeness (QED) is 0.826. The maximum atomic E-state index is 12.2. The van der Waals surface area contributed by atoms with Gasteiger partial charge in [0.2, 0.25) is 0 Å². The van der Waals surface area contributed by atoms with E-state index in [1.54, 1.807) is 6.92 Å². The fourth-order valence-electron chi connectivity index (χ4n) is 1.09. The van der Waals surface area contributed by atoms with Crippen molar-refractivity contribution in [1.82, 2.24) is 4.37 Å². The minimum Gasteiger partial charge on any atom is -0.356 e. The highest BCUT2D eigenvalue weighted by molar-refractivity contribution is 7.10. The first-order valence-corrected chi connectivity index (χ1v) is 5.33. The van der Waals surface area contributed by atoms with Crippen molar-refractivity contribution in [1.29, 1.82) is 5.26 Å². The van der Waals surface area contributed by atoms with Gasteiger partial charge in [0.1, 0.15) is 16.6 Å². The van der Waals surface area contributed by atoms with Gasteiger partial charge in [0.15, 0.2) is 5.15 Å². The van der Waals surface area contributed by atoms with Crippen LogP contribution in [0.1, 0.15) is 12.5 Å². The highest BCUT2D eigenvalue weighted by Gasteiger charge is 2.19. The summed E-state index contributed by atoms with van der Waals surface area (Å²) < 4.78 is 28.2. The van der Waals surface area contributed by atoms with E-state index in [1.807, 2.05) is 6.07 Å². The molecule has 0 saturated heterocycles. The van der Waals surface area contributed by atoms with Crippen LogP contribution in [0.4, 0.5) is 13.8 Å². The number of halogens is 3. The van der Waals surface area contributed by atoms with E-state index < -0.39 is 13.0 Å². The first kappa shape index (κ1) is 12.1. The van der Waals surface area contributed by atoms with E-state index in [9.17, 15) is 8.78 Å². The van der Waals surface area contributed by atoms with Crippen LogP contribution >= 0.6 is 23.1 Å². The van der Waals surface area contributed by atoms with Gasteiger partial charge in [0, 0.05) is 6.54 Å². The molecule has 0 spiro atoms. The van der Waals surface area contributed by atoms with Crippen LogP contribution in [-0.2, 0) is 0 Å². The second kappa shape index (κ2) is 5.24. The molecule has 15 heavy (non-hydrogen) atoms. The van der Waals surface area contributed by atoms with E-state index in [1.165, 1.54) is 4.90 Å². The highest BCUT2D eigenvalue weighted by atomic mass is 35.5. The van der Waals surface area contributed by atoms with Crippen molar-refractivity contribution in [3.05, 3.63) is 10.7 Å². The molecular formula is C8H8ClF2N3S. The number of hydrogen-bond donors (Lipinski definition) is 0. The maximum absolute atomic E-state index is 12.2. The molecule has 0 radical (unpaired) electrons. The van der Waals surface area contributed by atoms with Gasteiger partial charge in [-0.25, -0.2) is 8.78 Å². The van der Waals surface area contributed by atoms with Gasteiger partial charge in [-0.1, -0.05) is 11.6 Å². The highest BCUT2D eigenvalue weighted by Crippen LogP contribution is 2.31. The summed E-state index contributed by atoms with van der Waals surface area (Å²) in [6, 6.07) is 1.86. The van der Waals surface area contributed by atoms with Crippen molar-refractivity contribution >= 4 is 28.1 Å². The molecule has 0 amide bonds. The van der Waals surface area contributed by atoms with Gasteiger partial charge in [0.05, 0.1) is 6.54 Å². The van der Waals surface area contributed by atoms with Crippen LogP contribution in [-0.4, -0.2) is 23.9 Å². The van der Waals surface area contributed by atoms with E-state index in [2.05, 4.69) is 4.37 Å². The zero-order chi connectivity index (χ0) is 11.4. The number of aromatic nitrogens is 1. The lowest BCUT2D eigenvalue weighted by molar-refractivity contribution is 0.155. The largest absolute Gasteiger partial charge is 0.356 e. The predicted octanol–water partition coefficient (Wildman–Crippen LogP) is 2.76. The second-order valence-electron chi connectivity index (χ2n) is 2.70. The normalized spacial score (nSPS) is 10.4. The molecule has 1 heterocycles. The standard InChI is InChI=1S/C8H8ClF2N3S/c1-2-14(4-6(10)11)8-5(3-12)7(9)13-15-8/h6H,2,4H2,1H3. The Bertz CT molecular complexity index is 374. The fraction of sp³-hybridized carbons (Fsp3) is 0.500. The fourth-order valence-corrected chi connectivity index (χ4v) is 2.20. The average molecular weight is 252 g/mol. The average Bonchev–Trinajstić information content (AvgIpc) is 2.55. The van der Waals surface area contributed by atoms with Crippen LogP contribution < -0.4 is 4.90 Å². The molecule has 0 aliphatic heterocycles. The molecule has 1 aromatic rings. The van der Waals surface area contributed by atoms with Gasteiger partial charge in [-0.05, 0) is 18.5 Å². The molecule has 0 bridgehead atoms. The van der Waals surface area contributed by atoms with Crippen LogP contribution in [0.15, 0.2) is 0 Å². The van der Waals surface area contributed by atoms with Crippen molar-refractivity contribution in [2.75, 3.05) is 18.0 Å². The number of nitriles is 1. The van der Waals surface area contributed by atoms with Crippen molar-refractivity contribution in [3.63, 3.8) is 0 Å². The van der Waals surface area contributed by atoms with Crippen molar-refractivity contribution in [2.24, 2.45) is 0 Å². The molecule has 0 aliphatic rings. The third-order valence-electron chi connectivity index (χ3n) is 1.77. The SMILES string of the molecule is CCN(CC(F)F)c1snc(Cl)c1C#N. The Balaban J connectivity index is 2.97. The molecule has 1 rings (SSSR count). The minimum absolute atomic E-state index is 0.0743. The van der Waals surface area contributed by atoms with Crippen LogP contribution in [0.5, 0.6) is 0 Å². The van der Waals surface area contributed by atoms with Gasteiger partial charge in [-0.2, -0.15) is 9.64 Å². The second-order valence-corrected chi connectivity index (χ2v) is 3.80. The van der Waals surface area contributed by atoms with Crippen molar-refractivity contribution in [3.8, 4) is 6.07 Å². The molecule has 0 atom stereocenters. The molecule has 0 unspecified atom stereocenters. The van der Waals surface area contributed by atoms with E-state index in [-0.39, 0.29) is 10.7 Å². The summed E-state index contributed by atoms with van der Waals surface area (Å²) in [4.78, 5) is 1.40. The lowest BCUT2D eigenvalue weighted by Crippen LogP contribution is -2.28. The third kappa shape index (κ3) is 2.76. The molecule has 82 valence electrons. The van der Waals surface area contributed by atoms with E-state index in [0.29, 0.717) is 11.5 Å². The summed E-state index contributed by atoms with van der Waals surface area (Å²) in [7, 11) is 0. The molecule has 0 aliphatic carbocycles. The van der Waals surface area contributed by atoms with Crippen LogP contribution in [0, 0.1) is 11.3 Å². The molecule has 0 N–H and O–H groups in total. The number of hydrogen-bond acceptors (Lipinski definition) is 4. The Morgan fingerprint density at radius 2 is 2.33 bits per heavy atom. The topological polar surface area (TPSA) is 39.9 Å². The van der Waals surface area contributed by atoms with Gasteiger partial charge in [-0.15, -0.1) is 0 Å². The summed E-state index contributed by atoms with van der Waals surface area (Å²) in [6.07, 6.45) is -2.45. The molecular weight excluding hydrogens is 244 g/mol. The van der Waals surface area contributed by atoms with Gasteiger partial charge >= 0.3 is 0 Å².